The molecule has 19 heavy (non-hydrogen) atoms. The highest BCUT2D eigenvalue weighted by molar-refractivity contribution is 5.82. The molecule has 1 aliphatic carbocycles. The summed E-state index contributed by atoms with van der Waals surface area (Å²) in [7, 11) is 0. The Morgan fingerprint density at radius 2 is 2.05 bits per heavy atom. The van der Waals surface area contributed by atoms with E-state index in [1.807, 2.05) is 13.8 Å². The Morgan fingerprint density at radius 3 is 2.47 bits per heavy atom. The molecule has 0 saturated heterocycles. The van der Waals surface area contributed by atoms with Gasteiger partial charge in [0, 0.05) is 6.04 Å². The van der Waals surface area contributed by atoms with Crippen molar-refractivity contribution >= 4 is 12.0 Å². The Bertz CT molecular complexity index is 342. The molecular formula is C14H26N2O3. The fraction of sp³-hybridized carbons (Fsp3) is 0.857. The summed E-state index contributed by atoms with van der Waals surface area (Å²) in [5, 5.41) is 14.6. The first-order valence-corrected chi connectivity index (χ1v) is 7.07. The van der Waals surface area contributed by atoms with E-state index >= 15 is 0 Å². The van der Waals surface area contributed by atoms with Crippen molar-refractivity contribution in [3.8, 4) is 0 Å². The summed E-state index contributed by atoms with van der Waals surface area (Å²) in [6, 6.07) is -1.07. The van der Waals surface area contributed by atoms with E-state index in [0.717, 1.165) is 19.3 Å². The zero-order valence-corrected chi connectivity index (χ0v) is 12.3. The number of urea groups is 1. The number of hydrogen-bond acceptors (Lipinski definition) is 2. The number of amides is 2. The van der Waals surface area contributed by atoms with Crippen molar-refractivity contribution in [3.63, 3.8) is 0 Å². The molecule has 0 radical (unpaired) electrons. The van der Waals surface area contributed by atoms with Gasteiger partial charge in [-0.15, -0.1) is 0 Å². The van der Waals surface area contributed by atoms with E-state index in [-0.39, 0.29) is 23.4 Å². The number of aliphatic carboxylic acids is 1. The van der Waals surface area contributed by atoms with Gasteiger partial charge in [-0.05, 0) is 24.2 Å². The molecule has 1 fully saturated rings. The van der Waals surface area contributed by atoms with Gasteiger partial charge in [0.05, 0.1) is 0 Å². The summed E-state index contributed by atoms with van der Waals surface area (Å²) in [6.07, 6.45) is 3.87. The summed E-state index contributed by atoms with van der Waals surface area (Å²) in [5.41, 5.74) is 0.0897. The minimum atomic E-state index is -0.977. The molecule has 0 heterocycles. The summed E-state index contributed by atoms with van der Waals surface area (Å²) >= 11 is 0. The molecule has 5 heteroatoms. The fourth-order valence-corrected chi connectivity index (χ4v) is 2.62. The zero-order valence-electron chi connectivity index (χ0n) is 12.3. The van der Waals surface area contributed by atoms with Crippen LogP contribution in [0.15, 0.2) is 0 Å². The number of hydrogen-bond donors (Lipinski definition) is 3. The Kier molecular flexibility index (Phi) is 5.20. The third-order valence-corrected chi connectivity index (χ3v) is 4.33. The second kappa shape index (κ2) is 6.26. The quantitative estimate of drug-likeness (QED) is 0.717. The maximum absolute atomic E-state index is 11.9. The van der Waals surface area contributed by atoms with E-state index in [2.05, 4.69) is 24.5 Å². The van der Waals surface area contributed by atoms with Crippen molar-refractivity contribution in [3.05, 3.63) is 0 Å². The van der Waals surface area contributed by atoms with Crippen LogP contribution >= 0.6 is 0 Å². The van der Waals surface area contributed by atoms with Gasteiger partial charge in [0.2, 0.25) is 0 Å². The van der Waals surface area contributed by atoms with Crippen LogP contribution in [0.2, 0.25) is 0 Å². The van der Waals surface area contributed by atoms with Crippen LogP contribution in [0.5, 0.6) is 0 Å². The lowest BCUT2D eigenvalue weighted by Crippen LogP contribution is -2.53. The van der Waals surface area contributed by atoms with Gasteiger partial charge in [-0.25, -0.2) is 9.59 Å². The first-order valence-electron chi connectivity index (χ1n) is 7.07. The molecule has 0 aromatic heterocycles. The van der Waals surface area contributed by atoms with Gasteiger partial charge < -0.3 is 15.7 Å². The maximum Gasteiger partial charge on any atom is 0.326 e. The van der Waals surface area contributed by atoms with Crippen molar-refractivity contribution < 1.29 is 14.7 Å². The minimum absolute atomic E-state index is 0.0835. The lowest BCUT2D eigenvalue weighted by molar-refractivity contribution is -0.140. The predicted molar refractivity (Wildman–Crippen MR) is 74.0 cm³/mol. The highest BCUT2D eigenvalue weighted by atomic mass is 16.4. The van der Waals surface area contributed by atoms with Crippen LogP contribution in [0.3, 0.4) is 0 Å². The molecule has 1 rings (SSSR count). The molecule has 0 aromatic carbocycles. The second-order valence-corrected chi connectivity index (χ2v) is 6.25. The van der Waals surface area contributed by atoms with E-state index < -0.39 is 12.0 Å². The summed E-state index contributed by atoms with van der Waals surface area (Å²) in [5.74, 6) is -1.06. The van der Waals surface area contributed by atoms with E-state index in [9.17, 15) is 9.59 Å². The van der Waals surface area contributed by atoms with E-state index in [1.54, 1.807) is 0 Å². The van der Waals surface area contributed by atoms with Crippen LogP contribution in [0.4, 0.5) is 4.79 Å². The minimum Gasteiger partial charge on any atom is -0.480 e. The second-order valence-electron chi connectivity index (χ2n) is 6.25. The first-order chi connectivity index (χ1) is 8.77. The average Bonchev–Trinajstić information content (AvgIpc) is 2.64. The Labute approximate surface area is 115 Å². The number of nitrogens with one attached hydrogen (secondary N) is 2. The Balaban J connectivity index is 2.56. The lowest BCUT2D eigenvalue weighted by atomic mass is 9.87. The molecule has 0 spiro atoms. The van der Waals surface area contributed by atoms with Crippen LogP contribution in [0.1, 0.15) is 53.4 Å². The number of carbonyl (C=O) groups excluding carboxylic acids is 1. The Morgan fingerprint density at radius 1 is 1.42 bits per heavy atom. The van der Waals surface area contributed by atoms with Gasteiger partial charge in [-0.3, -0.25) is 0 Å². The summed E-state index contributed by atoms with van der Waals surface area (Å²) in [6.45, 7) is 8.02. The average molecular weight is 270 g/mol. The molecule has 0 aliphatic heterocycles. The van der Waals surface area contributed by atoms with E-state index in [1.165, 1.54) is 0 Å². The van der Waals surface area contributed by atoms with Gasteiger partial charge in [0.25, 0.3) is 0 Å². The largest absolute Gasteiger partial charge is 0.480 e. The molecule has 0 aromatic rings. The SMILES string of the molecule is CCC(C)[C@H](NC(=O)NC1CCCC1(C)C)C(=O)O. The maximum atomic E-state index is 11.9. The van der Waals surface area contributed by atoms with Crippen LogP contribution in [-0.2, 0) is 4.79 Å². The molecule has 0 bridgehead atoms. The van der Waals surface area contributed by atoms with Crippen molar-refractivity contribution in [1.82, 2.24) is 10.6 Å². The van der Waals surface area contributed by atoms with Crippen LogP contribution in [0.25, 0.3) is 0 Å². The van der Waals surface area contributed by atoms with Crippen LogP contribution in [0, 0.1) is 11.3 Å². The monoisotopic (exact) mass is 270 g/mol. The summed E-state index contributed by atoms with van der Waals surface area (Å²) < 4.78 is 0. The van der Waals surface area contributed by atoms with Crippen molar-refractivity contribution in [2.75, 3.05) is 0 Å². The molecule has 2 unspecified atom stereocenters. The van der Waals surface area contributed by atoms with Crippen LogP contribution < -0.4 is 10.6 Å². The highest BCUT2D eigenvalue weighted by Gasteiger charge is 2.36. The van der Waals surface area contributed by atoms with Gasteiger partial charge in [-0.2, -0.15) is 0 Å². The molecule has 110 valence electrons. The molecule has 3 N–H and O–H groups in total. The summed E-state index contributed by atoms with van der Waals surface area (Å²) in [4.78, 5) is 23.1. The third kappa shape index (κ3) is 4.11. The standard InChI is InChI=1S/C14H26N2O3/c1-5-9(2)11(12(17)18)16-13(19)15-10-7-6-8-14(10,3)4/h9-11H,5-8H2,1-4H3,(H,17,18)(H2,15,16,19)/t9?,10?,11-/m0/s1. The number of carbonyl (C=O) groups is 2. The van der Waals surface area contributed by atoms with Crippen LogP contribution in [-0.4, -0.2) is 29.2 Å². The molecule has 2 amide bonds. The molecular weight excluding hydrogens is 244 g/mol. The topological polar surface area (TPSA) is 78.4 Å². The van der Waals surface area contributed by atoms with E-state index in [4.69, 9.17) is 5.11 Å². The van der Waals surface area contributed by atoms with Gasteiger partial charge in [0.15, 0.2) is 0 Å². The van der Waals surface area contributed by atoms with Gasteiger partial charge in [-0.1, -0.05) is 40.5 Å². The molecule has 5 nitrogen and oxygen atoms in total. The van der Waals surface area contributed by atoms with Crippen molar-refractivity contribution in [2.45, 2.75) is 65.5 Å². The molecule has 1 saturated carbocycles. The van der Waals surface area contributed by atoms with Gasteiger partial charge >= 0.3 is 12.0 Å². The number of carboxylic acids is 1. The third-order valence-electron chi connectivity index (χ3n) is 4.33. The molecule has 1 aliphatic rings. The fourth-order valence-electron chi connectivity index (χ4n) is 2.62. The van der Waals surface area contributed by atoms with Gasteiger partial charge in [0.1, 0.15) is 6.04 Å². The normalized spacial score (nSPS) is 24.5. The smallest absolute Gasteiger partial charge is 0.326 e. The predicted octanol–water partition coefficient (Wildman–Crippen LogP) is 2.36. The highest BCUT2D eigenvalue weighted by Crippen LogP contribution is 2.37. The molecule has 3 atom stereocenters. The first kappa shape index (κ1) is 15.8. The number of carboxylic acid groups (broad SMARTS) is 1. The van der Waals surface area contributed by atoms with Crippen molar-refractivity contribution in [1.29, 1.82) is 0 Å². The van der Waals surface area contributed by atoms with E-state index in [0.29, 0.717) is 6.42 Å². The van der Waals surface area contributed by atoms with Crippen molar-refractivity contribution in [2.24, 2.45) is 11.3 Å². The zero-order chi connectivity index (χ0) is 14.6. The Hall–Kier alpha value is -1.26. The number of rotatable bonds is 5. The lowest BCUT2D eigenvalue weighted by Gasteiger charge is -2.29.